The molecule has 0 spiro atoms. The number of hydrogen-bond donors (Lipinski definition) is 1. The van der Waals surface area contributed by atoms with Gasteiger partial charge in [-0.25, -0.2) is 4.39 Å². The van der Waals surface area contributed by atoms with E-state index in [1.165, 1.54) is 16.5 Å². The highest BCUT2D eigenvalue weighted by molar-refractivity contribution is 6.05. The third-order valence-corrected chi connectivity index (χ3v) is 7.01. The van der Waals surface area contributed by atoms with Gasteiger partial charge < -0.3 is 4.90 Å². The first kappa shape index (κ1) is 21.7. The predicted molar refractivity (Wildman–Crippen MR) is 119 cm³/mol. The van der Waals surface area contributed by atoms with Crippen molar-refractivity contribution in [3.63, 3.8) is 0 Å². The molecule has 33 heavy (non-hydrogen) atoms. The van der Waals surface area contributed by atoms with Gasteiger partial charge in [0.05, 0.1) is 0 Å². The topological polar surface area (TPSA) is 82.6 Å². The van der Waals surface area contributed by atoms with Crippen molar-refractivity contribution in [3.05, 3.63) is 64.2 Å². The van der Waals surface area contributed by atoms with Crippen LogP contribution in [0, 0.1) is 12.7 Å². The molecule has 1 unspecified atom stereocenters. The van der Waals surface area contributed by atoms with E-state index in [0.717, 1.165) is 43.6 Å². The number of carbonyl (C=O) groups excluding carboxylic acids is 3. The zero-order valence-corrected chi connectivity index (χ0v) is 18.6. The second kappa shape index (κ2) is 8.67. The van der Waals surface area contributed by atoms with Gasteiger partial charge in [0.1, 0.15) is 11.9 Å². The van der Waals surface area contributed by atoms with Crippen LogP contribution in [-0.4, -0.2) is 51.6 Å². The molecule has 5 rings (SSSR count). The molecule has 3 amide bonds. The van der Waals surface area contributed by atoms with Crippen LogP contribution in [-0.2, 0) is 22.7 Å². The fourth-order valence-corrected chi connectivity index (χ4v) is 5.29. The average Bonchev–Trinajstić information content (AvgIpc) is 3.09. The number of piperidine rings is 2. The minimum absolute atomic E-state index is 0.0990. The van der Waals surface area contributed by atoms with Crippen molar-refractivity contribution in [1.29, 1.82) is 0 Å². The van der Waals surface area contributed by atoms with Crippen molar-refractivity contribution < 1.29 is 18.8 Å². The maximum atomic E-state index is 15.1. The average molecular weight is 451 g/mol. The van der Waals surface area contributed by atoms with E-state index in [1.54, 1.807) is 0 Å². The SMILES string of the molecule is Cc1cncc(CN2CCC(c3cc4c(cc3F)C(=O)N(C3CCC(=O)NC3=O)C4)CC2)c1. The molecule has 1 N–H and O–H groups in total. The second-order valence-corrected chi connectivity index (χ2v) is 9.35. The number of aryl methyl sites for hydroxylation is 1. The number of nitrogens with one attached hydrogen (secondary N) is 1. The fraction of sp³-hybridized carbons (Fsp3) is 0.440. The first-order valence-corrected chi connectivity index (χ1v) is 11.5. The van der Waals surface area contributed by atoms with Crippen molar-refractivity contribution in [2.45, 2.75) is 57.7 Å². The van der Waals surface area contributed by atoms with Crippen LogP contribution in [0.4, 0.5) is 4.39 Å². The molecule has 0 saturated carbocycles. The van der Waals surface area contributed by atoms with Crippen LogP contribution in [0.1, 0.15) is 64.2 Å². The molecule has 2 aromatic rings. The van der Waals surface area contributed by atoms with Gasteiger partial charge in [0.15, 0.2) is 0 Å². The summed E-state index contributed by atoms with van der Waals surface area (Å²) in [6.45, 7) is 4.88. The van der Waals surface area contributed by atoms with Crippen LogP contribution in [0.2, 0.25) is 0 Å². The molecule has 0 radical (unpaired) electrons. The van der Waals surface area contributed by atoms with Gasteiger partial charge in [0, 0.05) is 37.5 Å². The van der Waals surface area contributed by atoms with Crippen LogP contribution in [0.25, 0.3) is 0 Å². The molecule has 2 saturated heterocycles. The summed E-state index contributed by atoms with van der Waals surface area (Å²) in [4.78, 5) is 44.7. The highest BCUT2D eigenvalue weighted by Gasteiger charge is 2.40. The van der Waals surface area contributed by atoms with E-state index < -0.39 is 11.9 Å². The zero-order chi connectivity index (χ0) is 23.1. The molecular weight excluding hydrogens is 423 g/mol. The summed E-state index contributed by atoms with van der Waals surface area (Å²) < 4.78 is 15.1. The summed E-state index contributed by atoms with van der Waals surface area (Å²) in [5.74, 6) is -1.37. The molecule has 0 bridgehead atoms. The lowest BCUT2D eigenvalue weighted by Gasteiger charge is -2.32. The fourth-order valence-electron chi connectivity index (χ4n) is 5.29. The molecule has 1 atom stereocenters. The van der Waals surface area contributed by atoms with Gasteiger partial charge in [-0.3, -0.25) is 29.6 Å². The van der Waals surface area contributed by atoms with Gasteiger partial charge in [0.25, 0.3) is 5.91 Å². The molecule has 8 heteroatoms. The first-order chi connectivity index (χ1) is 15.9. The Labute approximate surface area is 192 Å². The smallest absolute Gasteiger partial charge is 0.255 e. The Bertz CT molecular complexity index is 1130. The summed E-state index contributed by atoms with van der Waals surface area (Å²) >= 11 is 0. The zero-order valence-electron chi connectivity index (χ0n) is 18.6. The molecule has 2 fully saturated rings. The van der Waals surface area contributed by atoms with Gasteiger partial charge in [-0.05, 0) is 73.5 Å². The Morgan fingerprint density at radius 2 is 1.88 bits per heavy atom. The first-order valence-electron chi connectivity index (χ1n) is 11.5. The molecule has 7 nitrogen and oxygen atoms in total. The minimum Gasteiger partial charge on any atom is -0.322 e. The summed E-state index contributed by atoms with van der Waals surface area (Å²) in [5, 5.41) is 2.30. The van der Waals surface area contributed by atoms with Crippen LogP contribution in [0.3, 0.4) is 0 Å². The Hall–Kier alpha value is -3.13. The summed E-state index contributed by atoms with van der Waals surface area (Å²) in [7, 11) is 0. The summed E-state index contributed by atoms with van der Waals surface area (Å²) in [6, 6.07) is 4.61. The molecule has 3 aliphatic rings. The highest BCUT2D eigenvalue weighted by atomic mass is 19.1. The Morgan fingerprint density at radius 1 is 1.09 bits per heavy atom. The van der Waals surface area contributed by atoms with Crippen LogP contribution in [0.5, 0.6) is 0 Å². The number of pyridine rings is 1. The van der Waals surface area contributed by atoms with E-state index >= 15 is 4.39 Å². The molecule has 3 aliphatic heterocycles. The van der Waals surface area contributed by atoms with Crippen molar-refractivity contribution in [2.75, 3.05) is 13.1 Å². The normalized spacial score (nSPS) is 21.9. The molecular formula is C25H27FN4O3. The third-order valence-electron chi connectivity index (χ3n) is 7.01. The highest BCUT2D eigenvalue weighted by Crippen LogP contribution is 2.35. The Balaban J connectivity index is 1.27. The number of benzene rings is 1. The molecule has 1 aromatic heterocycles. The third kappa shape index (κ3) is 4.27. The van der Waals surface area contributed by atoms with Gasteiger partial charge in [-0.1, -0.05) is 12.1 Å². The van der Waals surface area contributed by atoms with Crippen LogP contribution < -0.4 is 5.32 Å². The number of nitrogens with zero attached hydrogens (tertiary/aromatic N) is 3. The maximum absolute atomic E-state index is 15.1. The Morgan fingerprint density at radius 3 is 2.61 bits per heavy atom. The van der Waals surface area contributed by atoms with E-state index in [2.05, 4.69) is 21.3 Å². The number of hydrogen-bond acceptors (Lipinski definition) is 5. The Kier molecular flexibility index (Phi) is 5.70. The van der Waals surface area contributed by atoms with Gasteiger partial charge in [0.2, 0.25) is 11.8 Å². The molecule has 0 aliphatic carbocycles. The standard InChI is InChI=1S/C25H27FN4O3/c1-15-8-16(12-27-11-15)13-29-6-4-17(5-7-29)19-9-18-14-30(25(33)20(18)10-21(19)26)22-2-3-23(31)28-24(22)32/h8-12,17,22H,2-7,13-14H2,1H3,(H,28,31,32). The number of rotatable bonds is 4. The van der Waals surface area contributed by atoms with Crippen LogP contribution in [0.15, 0.2) is 30.6 Å². The van der Waals surface area contributed by atoms with E-state index in [-0.39, 0.29) is 36.5 Å². The van der Waals surface area contributed by atoms with Gasteiger partial charge >= 0.3 is 0 Å². The van der Waals surface area contributed by atoms with Gasteiger partial charge in [-0.15, -0.1) is 0 Å². The summed E-state index contributed by atoms with van der Waals surface area (Å²) in [5.41, 5.74) is 4.07. The van der Waals surface area contributed by atoms with E-state index in [1.807, 2.05) is 25.4 Å². The monoisotopic (exact) mass is 450 g/mol. The van der Waals surface area contributed by atoms with Crippen molar-refractivity contribution in [1.82, 2.24) is 20.1 Å². The van der Waals surface area contributed by atoms with Crippen molar-refractivity contribution in [2.24, 2.45) is 0 Å². The number of carbonyl (C=O) groups is 3. The van der Waals surface area contributed by atoms with E-state index in [0.29, 0.717) is 17.5 Å². The summed E-state index contributed by atoms with van der Waals surface area (Å²) in [6.07, 6.45) is 5.93. The molecule has 1 aromatic carbocycles. The number of aromatic nitrogens is 1. The number of amides is 3. The van der Waals surface area contributed by atoms with E-state index in [4.69, 9.17) is 0 Å². The number of imide groups is 1. The van der Waals surface area contributed by atoms with Crippen LogP contribution >= 0.6 is 0 Å². The lowest BCUT2D eigenvalue weighted by Crippen LogP contribution is -2.52. The lowest BCUT2D eigenvalue weighted by atomic mass is 9.87. The largest absolute Gasteiger partial charge is 0.322 e. The van der Waals surface area contributed by atoms with E-state index in [9.17, 15) is 14.4 Å². The van der Waals surface area contributed by atoms with Gasteiger partial charge in [-0.2, -0.15) is 0 Å². The second-order valence-electron chi connectivity index (χ2n) is 9.35. The quantitative estimate of drug-likeness (QED) is 0.725. The number of fused-ring (bicyclic) bond motifs is 1. The number of likely N-dealkylation sites (tertiary alicyclic amines) is 1. The van der Waals surface area contributed by atoms with Crippen molar-refractivity contribution >= 4 is 17.7 Å². The minimum atomic E-state index is -0.687. The molecule has 4 heterocycles. The maximum Gasteiger partial charge on any atom is 0.255 e. The van der Waals surface area contributed by atoms with Crippen molar-refractivity contribution in [3.8, 4) is 0 Å². The molecule has 172 valence electrons. The number of halogens is 1. The lowest BCUT2D eigenvalue weighted by molar-refractivity contribution is -0.136. The predicted octanol–water partition coefficient (Wildman–Crippen LogP) is 2.67.